The van der Waals surface area contributed by atoms with E-state index >= 15 is 0 Å². The molecule has 1 aliphatic carbocycles. The molecule has 0 aromatic heterocycles. The smallest absolute Gasteiger partial charge is 0.00953 e. The Hall–Kier alpha value is 0.350. The van der Waals surface area contributed by atoms with Gasteiger partial charge in [-0.25, -0.2) is 0 Å². The fourth-order valence-corrected chi connectivity index (χ4v) is 1.51. The van der Waals surface area contributed by atoms with Crippen LogP contribution >= 0.6 is 12.6 Å². The maximum Gasteiger partial charge on any atom is -0.00953 e. The van der Waals surface area contributed by atoms with Crippen LogP contribution in [0.2, 0.25) is 0 Å². The zero-order valence-corrected chi connectivity index (χ0v) is 6.32. The minimum Gasteiger partial charge on any atom is -0.179 e. The summed E-state index contributed by atoms with van der Waals surface area (Å²) in [4.78, 5) is 0. The second-order valence-electron chi connectivity index (χ2n) is 2.83. The monoisotopic (exact) mass is 130 g/mol. The van der Waals surface area contributed by atoms with Crippen LogP contribution in [0.15, 0.2) is 0 Å². The number of rotatable bonds is 3. The summed E-state index contributed by atoms with van der Waals surface area (Å²) in [6.07, 6.45) is 4.28. The van der Waals surface area contributed by atoms with Crippen LogP contribution in [0.1, 0.15) is 26.2 Å². The van der Waals surface area contributed by atoms with Gasteiger partial charge in [0.1, 0.15) is 0 Å². The summed E-state index contributed by atoms with van der Waals surface area (Å²) in [5, 5.41) is 0. The molecule has 1 fully saturated rings. The van der Waals surface area contributed by atoms with Gasteiger partial charge in [0.2, 0.25) is 0 Å². The molecule has 0 heterocycles. The van der Waals surface area contributed by atoms with E-state index in [1.807, 2.05) is 0 Å². The van der Waals surface area contributed by atoms with E-state index < -0.39 is 0 Å². The van der Waals surface area contributed by atoms with Crippen molar-refractivity contribution in [3.63, 3.8) is 0 Å². The average molecular weight is 130 g/mol. The molecule has 0 saturated heterocycles. The molecule has 0 nitrogen and oxygen atoms in total. The first-order valence-corrected chi connectivity index (χ1v) is 4.08. The van der Waals surface area contributed by atoms with E-state index in [0.29, 0.717) is 0 Å². The maximum atomic E-state index is 4.18. The van der Waals surface area contributed by atoms with Gasteiger partial charge in [-0.05, 0) is 36.9 Å². The molecule has 0 aromatic rings. The highest BCUT2D eigenvalue weighted by Crippen LogP contribution is 2.38. The van der Waals surface area contributed by atoms with Crippen LogP contribution in [0.25, 0.3) is 0 Å². The molecule has 0 aliphatic heterocycles. The molecular formula is C7H14S. The van der Waals surface area contributed by atoms with E-state index in [2.05, 4.69) is 19.6 Å². The Balaban J connectivity index is 2.03. The van der Waals surface area contributed by atoms with Crippen molar-refractivity contribution in [3.05, 3.63) is 0 Å². The maximum absolute atomic E-state index is 4.18. The fraction of sp³-hybridized carbons (Fsp3) is 1.00. The molecule has 0 N–H and O–H groups in total. The fourth-order valence-electron chi connectivity index (χ4n) is 1.10. The van der Waals surface area contributed by atoms with E-state index in [0.717, 1.165) is 17.6 Å². The largest absolute Gasteiger partial charge is 0.179 e. The van der Waals surface area contributed by atoms with Crippen molar-refractivity contribution >= 4 is 12.6 Å². The van der Waals surface area contributed by atoms with Crippen molar-refractivity contribution in [2.75, 3.05) is 5.75 Å². The molecule has 0 spiro atoms. The first-order valence-electron chi connectivity index (χ1n) is 3.45. The first kappa shape index (κ1) is 6.47. The molecule has 1 unspecified atom stereocenters. The lowest BCUT2D eigenvalue weighted by Gasteiger charge is -2.04. The van der Waals surface area contributed by atoms with Crippen molar-refractivity contribution in [1.29, 1.82) is 0 Å². The van der Waals surface area contributed by atoms with Gasteiger partial charge in [0.15, 0.2) is 0 Å². The van der Waals surface area contributed by atoms with E-state index in [1.54, 1.807) is 0 Å². The van der Waals surface area contributed by atoms with Crippen LogP contribution in [0, 0.1) is 11.8 Å². The lowest BCUT2D eigenvalue weighted by molar-refractivity contribution is 0.497. The van der Waals surface area contributed by atoms with Gasteiger partial charge in [-0.15, -0.1) is 0 Å². The quantitative estimate of drug-likeness (QED) is 0.557. The van der Waals surface area contributed by atoms with Gasteiger partial charge < -0.3 is 0 Å². The molecular weight excluding hydrogens is 116 g/mol. The Labute approximate surface area is 57.1 Å². The van der Waals surface area contributed by atoms with Gasteiger partial charge in [0.25, 0.3) is 0 Å². The van der Waals surface area contributed by atoms with E-state index in [-0.39, 0.29) is 0 Å². The van der Waals surface area contributed by atoms with Crippen LogP contribution < -0.4 is 0 Å². The zero-order chi connectivity index (χ0) is 5.98. The molecule has 0 amide bonds. The summed E-state index contributed by atoms with van der Waals surface area (Å²) in [7, 11) is 0. The molecule has 1 aliphatic rings. The summed E-state index contributed by atoms with van der Waals surface area (Å²) in [6.45, 7) is 2.34. The Morgan fingerprint density at radius 1 is 1.62 bits per heavy atom. The summed E-state index contributed by atoms with van der Waals surface area (Å²) in [6, 6.07) is 0. The normalized spacial score (nSPS) is 23.2. The van der Waals surface area contributed by atoms with Gasteiger partial charge >= 0.3 is 0 Å². The molecule has 0 radical (unpaired) electrons. The minimum absolute atomic E-state index is 0.951. The highest BCUT2D eigenvalue weighted by atomic mass is 32.1. The standard InChI is InChI=1S/C7H14S/c1-6(4-5-8)7-2-3-7/h6-8H,2-5H2,1H3. The lowest BCUT2D eigenvalue weighted by Crippen LogP contribution is -1.96. The van der Waals surface area contributed by atoms with E-state index in [1.165, 1.54) is 19.3 Å². The van der Waals surface area contributed by atoms with Crippen LogP contribution in [0.5, 0.6) is 0 Å². The van der Waals surface area contributed by atoms with Crippen LogP contribution in [0.4, 0.5) is 0 Å². The second kappa shape index (κ2) is 2.77. The van der Waals surface area contributed by atoms with Gasteiger partial charge in [0, 0.05) is 0 Å². The highest BCUT2D eigenvalue weighted by molar-refractivity contribution is 7.80. The van der Waals surface area contributed by atoms with Crippen molar-refractivity contribution < 1.29 is 0 Å². The van der Waals surface area contributed by atoms with Crippen molar-refractivity contribution in [1.82, 2.24) is 0 Å². The summed E-state index contributed by atoms with van der Waals surface area (Å²) < 4.78 is 0. The highest BCUT2D eigenvalue weighted by Gasteiger charge is 2.26. The van der Waals surface area contributed by atoms with Crippen molar-refractivity contribution in [2.45, 2.75) is 26.2 Å². The van der Waals surface area contributed by atoms with Gasteiger partial charge in [-0.2, -0.15) is 12.6 Å². The van der Waals surface area contributed by atoms with Crippen LogP contribution in [0.3, 0.4) is 0 Å². The van der Waals surface area contributed by atoms with Crippen molar-refractivity contribution in [2.24, 2.45) is 11.8 Å². The SMILES string of the molecule is CC(CCS)C1CC1. The number of hydrogen-bond acceptors (Lipinski definition) is 1. The van der Waals surface area contributed by atoms with Crippen molar-refractivity contribution in [3.8, 4) is 0 Å². The van der Waals surface area contributed by atoms with Crippen LogP contribution in [-0.4, -0.2) is 5.75 Å². The Kier molecular flexibility index (Phi) is 2.24. The lowest BCUT2D eigenvalue weighted by atomic mass is 10.0. The summed E-state index contributed by atoms with van der Waals surface area (Å²) in [5.41, 5.74) is 0. The average Bonchev–Trinajstić information content (AvgIpc) is 2.45. The molecule has 1 rings (SSSR count). The van der Waals surface area contributed by atoms with Gasteiger partial charge in [-0.1, -0.05) is 6.92 Å². The second-order valence-corrected chi connectivity index (χ2v) is 3.27. The summed E-state index contributed by atoms with van der Waals surface area (Å²) in [5.74, 6) is 3.09. The van der Waals surface area contributed by atoms with Gasteiger partial charge in [0.05, 0.1) is 0 Å². The van der Waals surface area contributed by atoms with E-state index in [9.17, 15) is 0 Å². The molecule has 48 valence electrons. The topological polar surface area (TPSA) is 0 Å². The van der Waals surface area contributed by atoms with E-state index in [4.69, 9.17) is 0 Å². The Morgan fingerprint density at radius 2 is 2.25 bits per heavy atom. The first-order chi connectivity index (χ1) is 3.84. The molecule has 8 heavy (non-hydrogen) atoms. The molecule has 1 saturated carbocycles. The Morgan fingerprint density at radius 3 is 2.62 bits per heavy atom. The third kappa shape index (κ3) is 1.70. The third-order valence-electron chi connectivity index (χ3n) is 2.01. The predicted molar refractivity (Wildman–Crippen MR) is 40.4 cm³/mol. The molecule has 0 bridgehead atoms. The minimum atomic E-state index is 0.951. The number of thiol groups is 1. The predicted octanol–water partition coefficient (Wildman–Crippen LogP) is 2.35. The van der Waals surface area contributed by atoms with Gasteiger partial charge in [-0.3, -0.25) is 0 Å². The molecule has 1 heteroatoms. The Bertz CT molecular complexity index is 66.8. The summed E-state index contributed by atoms with van der Waals surface area (Å²) >= 11 is 4.18. The zero-order valence-electron chi connectivity index (χ0n) is 5.43. The van der Waals surface area contributed by atoms with Crippen LogP contribution in [-0.2, 0) is 0 Å². The third-order valence-corrected chi connectivity index (χ3v) is 2.27. The number of hydrogen-bond donors (Lipinski definition) is 1. The molecule has 1 atom stereocenters. The molecule has 0 aromatic carbocycles.